The predicted octanol–water partition coefficient (Wildman–Crippen LogP) is 2.78. The van der Waals surface area contributed by atoms with E-state index in [1.165, 1.54) is 12.0 Å². The highest BCUT2D eigenvalue weighted by atomic mass is 32.1. The molecule has 122 valence electrons. The lowest BCUT2D eigenvalue weighted by atomic mass is 10.0. The normalized spacial score (nSPS) is 19.0. The largest absolute Gasteiger partial charge is 0.481 e. The third-order valence-corrected chi connectivity index (χ3v) is 5.38. The van der Waals surface area contributed by atoms with Gasteiger partial charge >= 0.3 is 0 Å². The minimum Gasteiger partial charge on any atom is -0.481 e. The van der Waals surface area contributed by atoms with Crippen molar-refractivity contribution in [1.29, 1.82) is 0 Å². The molecule has 4 heterocycles. The first-order valence-corrected chi connectivity index (χ1v) is 8.78. The van der Waals surface area contributed by atoms with Crippen LogP contribution in [0.5, 0.6) is 5.88 Å². The number of nitrogens with zero attached hydrogens (tertiary/aromatic N) is 5. The summed E-state index contributed by atoms with van der Waals surface area (Å²) in [5.41, 5.74) is 3.42. The molecule has 0 spiro atoms. The molecule has 0 radical (unpaired) electrons. The highest BCUT2D eigenvalue weighted by Gasteiger charge is 2.32. The number of likely N-dealkylation sites (tertiary alicyclic amines) is 1. The van der Waals surface area contributed by atoms with Crippen molar-refractivity contribution < 1.29 is 4.74 Å². The maximum Gasteiger partial charge on any atom is 0.216 e. The molecule has 4 rings (SSSR count). The quantitative estimate of drug-likeness (QED) is 0.737. The Bertz CT molecular complexity index is 804. The minimum absolute atomic E-state index is 0.360. The molecule has 0 aliphatic carbocycles. The summed E-state index contributed by atoms with van der Waals surface area (Å²) in [6, 6.07) is 0.360. The van der Waals surface area contributed by atoms with E-state index in [1.54, 1.807) is 18.4 Å². The molecular formula is C16H21N5OS. The molecule has 1 fully saturated rings. The number of methoxy groups -OCH3 is 1. The van der Waals surface area contributed by atoms with Crippen molar-refractivity contribution in [2.45, 2.75) is 32.4 Å². The first-order valence-electron chi connectivity index (χ1n) is 7.90. The van der Waals surface area contributed by atoms with E-state index in [9.17, 15) is 0 Å². The van der Waals surface area contributed by atoms with Gasteiger partial charge in [-0.2, -0.15) is 5.10 Å². The molecule has 0 unspecified atom stereocenters. The average Bonchev–Trinajstić information content (AvgIpc) is 3.23. The van der Waals surface area contributed by atoms with Gasteiger partial charge in [0.2, 0.25) is 5.88 Å². The van der Waals surface area contributed by atoms with Crippen LogP contribution in [-0.2, 0) is 13.6 Å². The van der Waals surface area contributed by atoms with Crippen molar-refractivity contribution in [3.05, 3.63) is 34.7 Å². The molecule has 6 nitrogen and oxygen atoms in total. The van der Waals surface area contributed by atoms with Gasteiger partial charge in [-0.25, -0.2) is 9.67 Å². The fourth-order valence-corrected chi connectivity index (χ4v) is 4.40. The number of hydrogen-bond acceptors (Lipinski definition) is 5. The van der Waals surface area contributed by atoms with E-state index in [0.29, 0.717) is 6.04 Å². The number of aryl methyl sites for hydroxylation is 2. The van der Waals surface area contributed by atoms with Crippen LogP contribution < -0.4 is 4.74 Å². The third-order valence-electron chi connectivity index (χ3n) is 4.61. The van der Waals surface area contributed by atoms with Crippen molar-refractivity contribution in [1.82, 2.24) is 24.1 Å². The third kappa shape index (κ3) is 2.44. The van der Waals surface area contributed by atoms with Crippen LogP contribution in [-0.4, -0.2) is 37.7 Å². The van der Waals surface area contributed by atoms with Crippen molar-refractivity contribution in [3.63, 3.8) is 0 Å². The topological polar surface area (TPSA) is 47.6 Å². The van der Waals surface area contributed by atoms with E-state index in [1.807, 2.05) is 11.7 Å². The summed E-state index contributed by atoms with van der Waals surface area (Å²) in [6.07, 6.45) is 6.54. The Labute approximate surface area is 139 Å². The van der Waals surface area contributed by atoms with Crippen LogP contribution in [0.15, 0.2) is 17.8 Å². The molecule has 0 aromatic carbocycles. The van der Waals surface area contributed by atoms with Crippen LogP contribution >= 0.6 is 11.3 Å². The SMILES string of the molecule is COc1c([C@H]2CCCN2Cc2cn3ccsc3n2)c(C)nn1C. The number of thiazole rings is 1. The van der Waals surface area contributed by atoms with Gasteiger partial charge in [-0.3, -0.25) is 9.30 Å². The molecule has 3 aromatic heterocycles. The monoisotopic (exact) mass is 331 g/mol. The molecule has 0 bridgehead atoms. The molecule has 0 N–H and O–H groups in total. The zero-order valence-electron chi connectivity index (χ0n) is 13.7. The Balaban J connectivity index is 1.63. The maximum absolute atomic E-state index is 5.60. The van der Waals surface area contributed by atoms with Crippen LogP contribution in [0, 0.1) is 6.92 Å². The van der Waals surface area contributed by atoms with Gasteiger partial charge in [0.1, 0.15) is 0 Å². The first kappa shape index (κ1) is 14.7. The second-order valence-corrected chi connectivity index (χ2v) is 6.96. The average molecular weight is 331 g/mol. The summed E-state index contributed by atoms with van der Waals surface area (Å²) in [6.45, 7) is 4.03. The van der Waals surface area contributed by atoms with Gasteiger partial charge in [0, 0.05) is 37.4 Å². The second-order valence-electron chi connectivity index (χ2n) is 6.09. The lowest BCUT2D eigenvalue weighted by Gasteiger charge is -2.24. The molecular weight excluding hydrogens is 310 g/mol. The number of ether oxygens (including phenoxy) is 1. The highest BCUT2D eigenvalue weighted by Crippen LogP contribution is 2.39. The van der Waals surface area contributed by atoms with Crippen LogP contribution in [0.3, 0.4) is 0 Å². The second kappa shape index (κ2) is 5.65. The Morgan fingerprint density at radius 3 is 3.09 bits per heavy atom. The van der Waals surface area contributed by atoms with Gasteiger partial charge in [-0.05, 0) is 26.3 Å². The molecule has 1 saturated heterocycles. The molecule has 7 heteroatoms. The standard InChI is InChI=1S/C16H21N5OS/c1-11-14(15(22-3)19(2)18-11)13-5-4-6-20(13)9-12-10-21-7-8-23-16(21)17-12/h7-8,10,13H,4-6,9H2,1-3H3/t13-/m1/s1. The number of fused-ring (bicyclic) bond motifs is 1. The molecule has 0 amide bonds. The molecule has 1 aliphatic heterocycles. The van der Waals surface area contributed by atoms with E-state index in [2.05, 4.69) is 39.1 Å². The Hall–Kier alpha value is -1.86. The van der Waals surface area contributed by atoms with Crippen molar-refractivity contribution >= 4 is 16.3 Å². The van der Waals surface area contributed by atoms with E-state index >= 15 is 0 Å². The summed E-state index contributed by atoms with van der Waals surface area (Å²) in [5.74, 6) is 0.880. The van der Waals surface area contributed by atoms with Crippen LogP contribution in [0.25, 0.3) is 4.96 Å². The molecule has 1 atom stereocenters. The van der Waals surface area contributed by atoms with Crippen molar-refractivity contribution in [3.8, 4) is 5.88 Å². The number of aromatic nitrogens is 4. The Kier molecular flexibility index (Phi) is 3.61. The van der Waals surface area contributed by atoms with Gasteiger partial charge in [-0.1, -0.05) is 0 Å². The maximum atomic E-state index is 5.60. The molecule has 23 heavy (non-hydrogen) atoms. The van der Waals surface area contributed by atoms with Crippen molar-refractivity contribution in [2.24, 2.45) is 7.05 Å². The van der Waals surface area contributed by atoms with Gasteiger partial charge in [0.15, 0.2) is 4.96 Å². The summed E-state index contributed by atoms with van der Waals surface area (Å²) in [7, 11) is 3.67. The summed E-state index contributed by atoms with van der Waals surface area (Å²) < 4.78 is 9.54. The van der Waals surface area contributed by atoms with E-state index in [4.69, 9.17) is 9.72 Å². The van der Waals surface area contributed by atoms with Crippen LogP contribution in [0.2, 0.25) is 0 Å². The lowest BCUT2D eigenvalue weighted by molar-refractivity contribution is 0.238. The molecule has 3 aromatic rings. The van der Waals surface area contributed by atoms with Gasteiger partial charge in [0.05, 0.1) is 24.1 Å². The number of imidazole rings is 1. The van der Waals surface area contributed by atoms with E-state index in [-0.39, 0.29) is 0 Å². The van der Waals surface area contributed by atoms with Gasteiger partial charge in [-0.15, -0.1) is 11.3 Å². The molecule has 1 aliphatic rings. The van der Waals surface area contributed by atoms with Gasteiger partial charge in [0.25, 0.3) is 0 Å². The summed E-state index contributed by atoms with van der Waals surface area (Å²) in [4.78, 5) is 8.28. The zero-order valence-corrected chi connectivity index (χ0v) is 14.5. The van der Waals surface area contributed by atoms with Gasteiger partial charge < -0.3 is 4.74 Å². The lowest BCUT2D eigenvalue weighted by Crippen LogP contribution is -2.23. The zero-order chi connectivity index (χ0) is 16.0. The summed E-state index contributed by atoms with van der Waals surface area (Å²) in [5, 5.41) is 6.61. The van der Waals surface area contributed by atoms with Crippen LogP contribution in [0.1, 0.15) is 35.8 Å². The minimum atomic E-state index is 0.360. The fraction of sp³-hybridized carbons (Fsp3) is 0.500. The fourth-order valence-electron chi connectivity index (χ4n) is 3.68. The van der Waals surface area contributed by atoms with E-state index in [0.717, 1.165) is 41.7 Å². The summed E-state index contributed by atoms with van der Waals surface area (Å²) >= 11 is 1.68. The highest BCUT2D eigenvalue weighted by molar-refractivity contribution is 7.15. The predicted molar refractivity (Wildman–Crippen MR) is 90.0 cm³/mol. The van der Waals surface area contributed by atoms with E-state index < -0.39 is 0 Å². The molecule has 0 saturated carbocycles. The van der Waals surface area contributed by atoms with Crippen LogP contribution in [0.4, 0.5) is 0 Å². The number of rotatable bonds is 4. The number of hydrogen-bond donors (Lipinski definition) is 0. The van der Waals surface area contributed by atoms with Crippen molar-refractivity contribution in [2.75, 3.05) is 13.7 Å². The Morgan fingerprint density at radius 1 is 1.43 bits per heavy atom. The smallest absolute Gasteiger partial charge is 0.216 e. The Morgan fingerprint density at radius 2 is 2.30 bits per heavy atom. The first-order chi connectivity index (χ1) is 11.2.